The van der Waals surface area contributed by atoms with Gasteiger partial charge in [-0.2, -0.15) is 0 Å². The predicted octanol–water partition coefficient (Wildman–Crippen LogP) is 3.80. The third-order valence-corrected chi connectivity index (χ3v) is 2.79. The Hall–Kier alpha value is -0.470. The molecule has 1 heterocycles. The lowest BCUT2D eigenvalue weighted by Crippen LogP contribution is -2.23. The highest BCUT2D eigenvalue weighted by atomic mass is 35.5. The van der Waals surface area contributed by atoms with Gasteiger partial charge < -0.3 is 5.32 Å². The van der Waals surface area contributed by atoms with Crippen molar-refractivity contribution >= 4 is 28.9 Å². The summed E-state index contributed by atoms with van der Waals surface area (Å²) in [7, 11) is 0. The van der Waals surface area contributed by atoms with Gasteiger partial charge in [0, 0.05) is 24.8 Å². The molecule has 0 unspecified atom stereocenters. The van der Waals surface area contributed by atoms with Crippen molar-refractivity contribution in [3.63, 3.8) is 0 Å². The monoisotopic (exact) mass is 246 g/mol. The fourth-order valence-corrected chi connectivity index (χ4v) is 1.89. The van der Waals surface area contributed by atoms with Crippen LogP contribution in [0.15, 0.2) is 18.5 Å². The molecule has 0 fully saturated rings. The molecule has 0 spiro atoms. The van der Waals surface area contributed by atoms with Crippen LogP contribution in [0.3, 0.4) is 0 Å². The zero-order chi connectivity index (χ0) is 11.3. The van der Waals surface area contributed by atoms with E-state index in [-0.39, 0.29) is 5.41 Å². The molecule has 1 N–H and O–H groups in total. The fourth-order valence-electron chi connectivity index (χ4n) is 1.20. The van der Waals surface area contributed by atoms with Gasteiger partial charge in [-0.05, 0) is 17.9 Å². The van der Waals surface area contributed by atoms with E-state index in [1.54, 1.807) is 12.4 Å². The summed E-state index contributed by atoms with van der Waals surface area (Å²) >= 11 is 11.7. The summed E-state index contributed by atoms with van der Waals surface area (Å²) in [6.07, 6.45) is 4.34. The van der Waals surface area contributed by atoms with Gasteiger partial charge in [-0.1, -0.05) is 25.4 Å². The molecule has 84 valence electrons. The molecule has 2 nitrogen and oxygen atoms in total. The lowest BCUT2D eigenvalue weighted by Gasteiger charge is -2.24. The summed E-state index contributed by atoms with van der Waals surface area (Å²) in [5.74, 6) is 0.679. The first kappa shape index (κ1) is 12.6. The number of nitrogens with one attached hydrogen (secondary N) is 1. The minimum Gasteiger partial charge on any atom is -0.383 e. The van der Waals surface area contributed by atoms with Gasteiger partial charge in [0.25, 0.3) is 0 Å². The van der Waals surface area contributed by atoms with E-state index >= 15 is 0 Å². The van der Waals surface area contributed by atoms with Gasteiger partial charge in [0.15, 0.2) is 0 Å². The van der Waals surface area contributed by atoms with Crippen LogP contribution in [-0.4, -0.2) is 17.4 Å². The Morgan fingerprint density at radius 3 is 2.80 bits per heavy atom. The van der Waals surface area contributed by atoms with Crippen LogP contribution in [0, 0.1) is 5.41 Å². The summed E-state index contributed by atoms with van der Waals surface area (Å²) < 4.78 is 0. The molecule has 0 aliphatic heterocycles. The van der Waals surface area contributed by atoms with Crippen molar-refractivity contribution < 1.29 is 0 Å². The largest absolute Gasteiger partial charge is 0.383 e. The maximum Gasteiger partial charge on any atom is 0.0820 e. The minimum atomic E-state index is 0.175. The Bertz CT molecular complexity index is 313. The molecule has 0 radical (unpaired) electrons. The van der Waals surface area contributed by atoms with Crippen LogP contribution in [0.4, 0.5) is 5.69 Å². The van der Waals surface area contributed by atoms with Gasteiger partial charge in [-0.25, -0.2) is 0 Å². The molecule has 0 saturated carbocycles. The molecule has 1 aromatic heterocycles. The Kier molecular flexibility index (Phi) is 4.68. The van der Waals surface area contributed by atoms with Crippen molar-refractivity contribution in [2.75, 3.05) is 17.7 Å². The van der Waals surface area contributed by atoms with Crippen molar-refractivity contribution in [1.82, 2.24) is 4.98 Å². The minimum absolute atomic E-state index is 0.175. The van der Waals surface area contributed by atoms with Crippen LogP contribution in [0.1, 0.15) is 20.3 Å². The van der Waals surface area contributed by atoms with Gasteiger partial charge >= 0.3 is 0 Å². The fraction of sp³-hybridized carbons (Fsp3) is 0.545. The van der Waals surface area contributed by atoms with Crippen molar-refractivity contribution in [3.8, 4) is 0 Å². The van der Waals surface area contributed by atoms with Crippen molar-refractivity contribution in [2.45, 2.75) is 20.3 Å². The molecule has 0 saturated heterocycles. The quantitative estimate of drug-likeness (QED) is 0.800. The third kappa shape index (κ3) is 4.27. The van der Waals surface area contributed by atoms with E-state index in [2.05, 4.69) is 24.1 Å². The molecule has 0 aliphatic carbocycles. The van der Waals surface area contributed by atoms with Crippen molar-refractivity contribution in [1.29, 1.82) is 0 Å². The van der Waals surface area contributed by atoms with Gasteiger partial charge in [0.2, 0.25) is 0 Å². The van der Waals surface area contributed by atoms with Gasteiger partial charge in [-0.3, -0.25) is 4.98 Å². The number of rotatable bonds is 5. The number of halogens is 2. The second kappa shape index (κ2) is 5.57. The van der Waals surface area contributed by atoms with E-state index in [9.17, 15) is 0 Å². The summed E-state index contributed by atoms with van der Waals surface area (Å²) in [5.41, 5.74) is 1.10. The zero-order valence-corrected chi connectivity index (χ0v) is 10.6. The number of hydrogen-bond acceptors (Lipinski definition) is 2. The number of alkyl halides is 1. The van der Waals surface area contributed by atoms with E-state index < -0.39 is 0 Å². The highest BCUT2D eigenvalue weighted by molar-refractivity contribution is 6.33. The standard InChI is InChI=1S/C11H16Cl2N2/c1-11(2,4-5-12)8-15-10-3-6-14-7-9(10)13/h3,6-7H,4-5,8H2,1-2H3,(H,14,15). The maximum atomic E-state index is 5.98. The lowest BCUT2D eigenvalue weighted by molar-refractivity contribution is 0.379. The summed E-state index contributed by atoms with van der Waals surface area (Å²) in [4.78, 5) is 3.93. The van der Waals surface area contributed by atoms with Crippen molar-refractivity contribution in [3.05, 3.63) is 23.5 Å². The van der Waals surface area contributed by atoms with E-state index in [0.717, 1.165) is 18.7 Å². The first-order chi connectivity index (χ1) is 7.05. The summed E-state index contributed by atoms with van der Waals surface area (Å²) in [6.45, 7) is 5.21. The second-order valence-electron chi connectivity index (χ2n) is 4.31. The van der Waals surface area contributed by atoms with Crippen molar-refractivity contribution in [2.24, 2.45) is 5.41 Å². The van der Waals surface area contributed by atoms with Gasteiger partial charge in [-0.15, -0.1) is 11.6 Å². The molecular formula is C11H16Cl2N2. The smallest absolute Gasteiger partial charge is 0.0820 e. The second-order valence-corrected chi connectivity index (χ2v) is 5.10. The van der Waals surface area contributed by atoms with Crippen LogP contribution in [0.5, 0.6) is 0 Å². The average Bonchev–Trinajstić information content (AvgIpc) is 2.16. The zero-order valence-electron chi connectivity index (χ0n) is 9.06. The van der Waals surface area contributed by atoms with Gasteiger partial charge in [0.1, 0.15) is 0 Å². The van der Waals surface area contributed by atoms with E-state index in [0.29, 0.717) is 10.9 Å². The first-order valence-corrected chi connectivity index (χ1v) is 5.86. The summed E-state index contributed by atoms with van der Waals surface area (Å²) in [5, 5.41) is 3.96. The Balaban J connectivity index is 2.53. The van der Waals surface area contributed by atoms with Crippen LogP contribution in [-0.2, 0) is 0 Å². The van der Waals surface area contributed by atoms with Crippen LogP contribution >= 0.6 is 23.2 Å². The molecule has 0 aromatic carbocycles. The maximum absolute atomic E-state index is 5.98. The predicted molar refractivity (Wildman–Crippen MR) is 66.9 cm³/mol. The van der Waals surface area contributed by atoms with E-state index in [1.807, 2.05) is 6.07 Å². The molecule has 0 bridgehead atoms. The lowest BCUT2D eigenvalue weighted by atomic mass is 9.90. The Morgan fingerprint density at radius 2 is 2.20 bits per heavy atom. The molecule has 0 amide bonds. The first-order valence-electron chi connectivity index (χ1n) is 4.94. The number of nitrogens with zero attached hydrogens (tertiary/aromatic N) is 1. The molecule has 4 heteroatoms. The summed E-state index contributed by atoms with van der Waals surface area (Å²) in [6, 6.07) is 1.87. The molecule has 15 heavy (non-hydrogen) atoms. The number of aromatic nitrogens is 1. The van der Waals surface area contributed by atoms with E-state index in [1.165, 1.54) is 0 Å². The number of pyridine rings is 1. The Morgan fingerprint density at radius 1 is 1.47 bits per heavy atom. The highest BCUT2D eigenvalue weighted by Crippen LogP contribution is 2.24. The molecule has 1 aromatic rings. The van der Waals surface area contributed by atoms with Crippen LogP contribution < -0.4 is 5.32 Å². The van der Waals surface area contributed by atoms with Gasteiger partial charge in [0.05, 0.1) is 10.7 Å². The Labute approximate surface area is 101 Å². The SMILES string of the molecule is CC(C)(CCCl)CNc1ccncc1Cl. The molecule has 0 atom stereocenters. The number of hydrogen-bond donors (Lipinski definition) is 1. The third-order valence-electron chi connectivity index (χ3n) is 2.30. The van der Waals surface area contributed by atoms with Crippen LogP contribution in [0.2, 0.25) is 5.02 Å². The van der Waals surface area contributed by atoms with E-state index in [4.69, 9.17) is 23.2 Å². The molecule has 1 rings (SSSR count). The molecule has 0 aliphatic rings. The molecular weight excluding hydrogens is 231 g/mol. The van der Waals surface area contributed by atoms with Crippen LogP contribution in [0.25, 0.3) is 0 Å². The topological polar surface area (TPSA) is 24.9 Å². The average molecular weight is 247 g/mol. The number of anilines is 1. The normalized spacial score (nSPS) is 11.5. The highest BCUT2D eigenvalue weighted by Gasteiger charge is 2.16.